The monoisotopic (exact) mass is 282 g/mol. The summed E-state index contributed by atoms with van der Waals surface area (Å²) < 4.78 is 0. The molecule has 0 unspecified atom stereocenters. The fourth-order valence-electron chi connectivity index (χ4n) is 2.83. The van der Waals surface area contributed by atoms with Gasteiger partial charge in [-0.25, -0.2) is 0 Å². The third kappa shape index (κ3) is 3.43. The van der Waals surface area contributed by atoms with Gasteiger partial charge in [0.1, 0.15) is 5.75 Å². The van der Waals surface area contributed by atoms with E-state index in [1.54, 1.807) is 12.1 Å². The number of phenolic OH excluding ortho intramolecular Hbond substituents is 1. The van der Waals surface area contributed by atoms with Crippen LogP contribution in [-0.2, 0) is 6.54 Å². The maximum absolute atomic E-state index is 9.45. The topological polar surface area (TPSA) is 26.7 Å². The van der Waals surface area contributed by atoms with Crippen LogP contribution in [0.25, 0.3) is 11.1 Å². The van der Waals surface area contributed by atoms with E-state index in [9.17, 15) is 5.11 Å². The van der Waals surface area contributed by atoms with Crippen molar-refractivity contribution < 1.29 is 5.11 Å². The van der Waals surface area contributed by atoms with E-state index in [4.69, 9.17) is 0 Å². The fraction of sp³-hybridized carbons (Fsp3) is 0.333. The highest BCUT2D eigenvalue weighted by Crippen LogP contribution is 2.26. The normalized spacial score (nSPS) is 17.0. The average Bonchev–Trinajstić information content (AvgIpc) is 2.51. The molecule has 1 aliphatic rings. The zero-order valence-corrected chi connectivity index (χ0v) is 12.5. The Morgan fingerprint density at radius 1 is 0.905 bits per heavy atom. The van der Waals surface area contributed by atoms with E-state index in [2.05, 4.69) is 41.1 Å². The van der Waals surface area contributed by atoms with Crippen LogP contribution in [0.3, 0.4) is 0 Å². The first-order valence-electron chi connectivity index (χ1n) is 7.50. The van der Waals surface area contributed by atoms with Crippen LogP contribution in [-0.4, -0.2) is 48.1 Å². The van der Waals surface area contributed by atoms with Crippen molar-refractivity contribution >= 4 is 0 Å². The molecule has 1 aliphatic heterocycles. The van der Waals surface area contributed by atoms with Gasteiger partial charge in [0, 0.05) is 32.7 Å². The average molecular weight is 282 g/mol. The van der Waals surface area contributed by atoms with Gasteiger partial charge in [0.05, 0.1) is 0 Å². The summed E-state index contributed by atoms with van der Waals surface area (Å²) in [5.41, 5.74) is 3.78. The van der Waals surface area contributed by atoms with E-state index < -0.39 is 0 Å². The molecule has 0 aromatic heterocycles. The Morgan fingerprint density at radius 2 is 1.57 bits per heavy atom. The van der Waals surface area contributed by atoms with Crippen LogP contribution in [0.4, 0.5) is 0 Å². The smallest absolute Gasteiger partial charge is 0.115 e. The van der Waals surface area contributed by atoms with Crippen molar-refractivity contribution in [2.45, 2.75) is 6.54 Å². The van der Waals surface area contributed by atoms with Crippen LogP contribution in [0.5, 0.6) is 5.75 Å². The Balaban J connectivity index is 1.81. The molecule has 0 saturated carbocycles. The van der Waals surface area contributed by atoms with Gasteiger partial charge in [-0.1, -0.05) is 36.4 Å². The molecule has 0 aliphatic carbocycles. The zero-order valence-electron chi connectivity index (χ0n) is 12.5. The molecular formula is C18H22N2O. The lowest BCUT2D eigenvalue weighted by Gasteiger charge is -2.32. The molecule has 3 nitrogen and oxygen atoms in total. The van der Waals surface area contributed by atoms with Gasteiger partial charge >= 0.3 is 0 Å². The lowest BCUT2D eigenvalue weighted by atomic mass is 9.99. The Hall–Kier alpha value is -1.84. The zero-order chi connectivity index (χ0) is 14.7. The number of likely N-dealkylation sites (N-methyl/N-ethyl adjacent to an activating group) is 1. The summed E-state index contributed by atoms with van der Waals surface area (Å²) in [6, 6.07) is 16.0. The van der Waals surface area contributed by atoms with E-state index in [1.165, 1.54) is 11.1 Å². The summed E-state index contributed by atoms with van der Waals surface area (Å²) >= 11 is 0. The molecule has 1 heterocycles. The van der Waals surface area contributed by atoms with E-state index in [-0.39, 0.29) is 0 Å². The van der Waals surface area contributed by atoms with Crippen LogP contribution in [0.1, 0.15) is 5.56 Å². The Bertz CT molecular complexity index is 586. The SMILES string of the molecule is CN1CCN(Cc2ccccc2-c2ccc(O)cc2)CC1. The number of phenols is 1. The molecule has 0 spiro atoms. The largest absolute Gasteiger partial charge is 0.508 e. The Morgan fingerprint density at radius 3 is 2.29 bits per heavy atom. The number of nitrogens with zero attached hydrogens (tertiary/aromatic N) is 2. The molecule has 3 heteroatoms. The molecule has 3 rings (SSSR count). The summed E-state index contributed by atoms with van der Waals surface area (Å²) in [6.07, 6.45) is 0. The minimum Gasteiger partial charge on any atom is -0.508 e. The molecular weight excluding hydrogens is 260 g/mol. The van der Waals surface area contributed by atoms with Gasteiger partial charge in [0.25, 0.3) is 0 Å². The van der Waals surface area contributed by atoms with E-state index in [1.807, 2.05) is 12.1 Å². The van der Waals surface area contributed by atoms with Crippen LogP contribution >= 0.6 is 0 Å². The number of benzene rings is 2. The van der Waals surface area contributed by atoms with E-state index in [0.717, 1.165) is 38.3 Å². The summed E-state index contributed by atoms with van der Waals surface area (Å²) in [7, 11) is 2.18. The Kier molecular flexibility index (Phi) is 4.23. The van der Waals surface area contributed by atoms with Crippen molar-refractivity contribution in [3.8, 4) is 16.9 Å². The minimum absolute atomic E-state index is 0.315. The van der Waals surface area contributed by atoms with Crippen LogP contribution in [0.15, 0.2) is 48.5 Å². The number of aromatic hydroxyl groups is 1. The maximum Gasteiger partial charge on any atom is 0.115 e. The first-order chi connectivity index (χ1) is 10.2. The van der Waals surface area contributed by atoms with Crippen molar-refractivity contribution in [1.82, 2.24) is 9.80 Å². The second-order valence-electron chi connectivity index (χ2n) is 5.78. The Labute approximate surface area is 126 Å². The third-order valence-corrected chi connectivity index (χ3v) is 4.19. The third-order valence-electron chi connectivity index (χ3n) is 4.19. The summed E-state index contributed by atoms with van der Waals surface area (Å²) in [4.78, 5) is 4.89. The maximum atomic E-state index is 9.45. The molecule has 2 aromatic rings. The van der Waals surface area contributed by atoms with Crippen molar-refractivity contribution in [1.29, 1.82) is 0 Å². The molecule has 0 amide bonds. The van der Waals surface area contributed by atoms with Gasteiger partial charge in [-0.15, -0.1) is 0 Å². The molecule has 110 valence electrons. The van der Waals surface area contributed by atoms with Gasteiger partial charge < -0.3 is 10.0 Å². The molecule has 0 atom stereocenters. The predicted molar refractivity (Wildman–Crippen MR) is 86.3 cm³/mol. The van der Waals surface area contributed by atoms with Crippen molar-refractivity contribution in [2.75, 3.05) is 33.2 Å². The second-order valence-corrected chi connectivity index (χ2v) is 5.78. The van der Waals surface area contributed by atoms with Crippen molar-refractivity contribution in [3.05, 3.63) is 54.1 Å². The van der Waals surface area contributed by atoms with Gasteiger partial charge in [0.15, 0.2) is 0 Å². The number of hydrogen-bond donors (Lipinski definition) is 1. The van der Waals surface area contributed by atoms with Crippen molar-refractivity contribution in [3.63, 3.8) is 0 Å². The molecule has 21 heavy (non-hydrogen) atoms. The highest BCUT2D eigenvalue weighted by atomic mass is 16.3. The summed E-state index contributed by atoms with van der Waals surface area (Å²) in [5, 5.41) is 9.45. The molecule has 1 saturated heterocycles. The van der Waals surface area contributed by atoms with E-state index >= 15 is 0 Å². The summed E-state index contributed by atoms with van der Waals surface area (Å²) in [5.74, 6) is 0.315. The van der Waals surface area contributed by atoms with Crippen LogP contribution in [0.2, 0.25) is 0 Å². The van der Waals surface area contributed by atoms with Crippen LogP contribution in [0, 0.1) is 0 Å². The number of hydrogen-bond acceptors (Lipinski definition) is 3. The quantitative estimate of drug-likeness (QED) is 0.938. The highest BCUT2D eigenvalue weighted by Gasteiger charge is 2.15. The van der Waals surface area contributed by atoms with Gasteiger partial charge in [-0.3, -0.25) is 4.90 Å². The number of rotatable bonds is 3. The highest BCUT2D eigenvalue weighted by molar-refractivity contribution is 5.67. The minimum atomic E-state index is 0.315. The fourth-order valence-corrected chi connectivity index (χ4v) is 2.83. The lowest BCUT2D eigenvalue weighted by Crippen LogP contribution is -2.43. The molecule has 2 aromatic carbocycles. The molecule has 0 bridgehead atoms. The van der Waals surface area contributed by atoms with Gasteiger partial charge in [-0.05, 0) is 35.9 Å². The van der Waals surface area contributed by atoms with Crippen LogP contribution < -0.4 is 0 Å². The van der Waals surface area contributed by atoms with Gasteiger partial charge in [0.2, 0.25) is 0 Å². The summed E-state index contributed by atoms with van der Waals surface area (Å²) in [6.45, 7) is 5.52. The van der Waals surface area contributed by atoms with Gasteiger partial charge in [-0.2, -0.15) is 0 Å². The first kappa shape index (κ1) is 14.1. The molecule has 0 radical (unpaired) electrons. The lowest BCUT2D eigenvalue weighted by molar-refractivity contribution is 0.148. The van der Waals surface area contributed by atoms with E-state index in [0.29, 0.717) is 5.75 Å². The predicted octanol–water partition coefficient (Wildman–Crippen LogP) is 2.81. The molecule has 1 N–H and O–H groups in total. The second kappa shape index (κ2) is 6.29. The molecule has 1 fully saturated rings. The first-order valence-corrected chi connectivity index (χ1v) is 7.50. The van der Waals surface area contributed by atoms with Crippen molar-refractivity contribution in [2.24, 2.45) is 0 Å². The standard InChI is InChI=1S/C18H22N2O/c1-19-10-12-20(13-11-19)14-16-4-2-3-5-18(16)15-6-8-17(21)9-7-15/h2-9,21H,10-14H2,1H3. The number of piperazine rings is 1.